The molecular weight excluding hydrogens is 328 g/mol. The third-order valence-corrected chi connectivity index (χ3v) is 6.37. The number of fused-ring (bicyclic) bond motifs is 1. The fraction of sp³-hybridized carbons (Fsp3) is 0.850. The average molecular weight is 363 g/mol. The summed E-state index contributed by atoms with van der Waals surface area (Å²) in [5.41, 5.74) is 0. The highest BCUT2D eigenvalue weighted by molar-refractivity contribution is 5.79. The number of aromatic nitrogens is 2. The van der Waals surface area contributed by atoms with E-state index in [9.17, 15) is 4.79 Å². The van der Waals surface area contributed by atoms with Gasteiger partial charge in [0.15, 0.2) is 5.82 Å². The summed E-state index contributed by atoms with van der Waals surface area (Å²) in [5.74, 6) is 2.32. The van der Waals surface area contributed by atoms with Crippen molar-refractivity contribution in [1.29, 1.82) is 0 Å². The molecule has 0 radical (unpaired) electrons. The molecule has 0 unspecified atom stereocenters. The van der Waals surface area contributed by atoms with E-state index in [4.69, 9.17) is 4.52 Å². The molecule has 2 fully saturated rings. The second-order valence-electron chi connectivity index (χ2n) is 8.15. The monoisotopic (exact) mass is 362 g/mol. The lowest BCUT2D eigenvalue weighted by Gasteiger charge is -2.50. The molecule has 1 aliphatic carbocycles. The van der Waals surface area contributed by atoms with Crippen LogP contribution < -0.4 is 5.32 Å². The van der Waals surface area contributed by atoms with Gasteiger partial charge in [0.05, 0.1) is 6.54 Å². The van der Waals surface area contributed by atoms with Crippen LogP contribution in [0.1, 0.15) is 77.9 Å². The van der Waals surface area contributed by atoms with Gasteiger partial charge < -0.3 is 9.84 Å². The van der Waals surface area contributed by atoms with Crippen LogP contribution in [0.5, 0.6) is 0 Å². The van der Waals surface area contributed by atoms with Crippen LogP contribution in [0.3, 0.4) is 0 Å². The van der Waals surface area contributed by atoms with Gasteiger partial charge >= 0.3 is 0 Å². The molecule has 26 heavy (non-hydrogen) atoms. The van der Waals surface area contributed by atoms with Gasteiger partial charge in [0, 0.05) is 30.5 Å². The van der Waals surface area contributed by atoms with E-state index in [1.165, 1.54) is 12.8 Å². The molecule has 6 nitrogen and oxygen atoms in total. The predicted molar refractivity (Wildman–Crippen MR) is 100 cm³/mol. The molecule has 0 spiro atoms. The van der Waals surface area contributed by atoms with E-state index < -0.39 is 0 Å². The first-order valence-electron chi connectivity index (χ1n) is 10.4. The third-order valence-electron chi connectivity index (χ3n) is 6.37. The SMILES string of the molecule is CCc1noc(CN2[C@H](C)C[C@H](C(=O)N[C@H](C)CC)[C@H]3CCCC[C@@H]32)n1. The van der Waals surface area contributed by atoms with E-state index in [0.717, 1.165) is 37.9 Å². The number of carbonyl (C=O) groups is 1. The maximum absolute atomic E-state index is 12.9. The van der Waals surface area contributed by atoms with E-state index in [0.29, 0.717) is 30.4 Å². The Morgan fingerprint density at radius 1 is 1.35 bits per heavy atom. The van der Waals surface area contributed by atoms with E-state index in [2.05, 4.69) is 41.1 Å². The van der Waals surface area contributed by atoms with Gasteiger partial charge in [-0.1, -0.05) is 31.8 Å². The molecule has 1 aromatic heterocycles. The Morgan fingerprint density at radius 2 is 2.12 bits per heavy atom. The molecule has 2 aliphatic rings. The summed E-state index contributed by atoms with van der Waals surface area (Å²) < 4.78 is 5.45. The minimum Gasteiger partial charge on any atom is -0.353 e. The van der Waals surface area contributed by atoms with E-state index in [-0.39, 0.29) is 17.9 Å². The van der Waals surface area contributed by atoms with Crippen molar-refractivity contribution >= 4 is 5.91 Å². The Labute approximate surface area is 157 Å². The van der Waals surface area contributed by atoms with Crippen LogP contribution in [0.25, 0.3) is 0 Å². The Balaban J connectivity index is 1.74. The highest BCUT2D eigenvalue weighted by Crippen LogP contribution is 2.42. The molecule has 146 valence electrons. The minimum absolute atomic E-state index is 0.134. The second-order valence-corrected chi connectivity index (χ2v) is 8.15. The van der Waals surface area contributed by atoms with Gasteiger partial charge in [-0.05, 0) is 45.4 Å². The van der Waals surface area contributed by atoms with Crippen LogP contribution in [0.2, 0.25) is 0 Å². The van der Waals surface area contributed by atoms with E-state index in [1.807, 2.05) is 6.92 Å². The van der Waals surface area contributed by atoms with E-state index >= 15 is 0 Å². The zero-order valence-electron chi connectivity index (χ0n) is 16.7. The molecule has 1 N–H and O–H groups in total. The Hall–Kier alpha value is -1.43. The van der Waals surface area contributed by atoms with Gasteiger partial charge in [0.25, 0.3) is 0 Å². The Morgan fingerprint density at radius 3 is 2.81 bits per heavy atom. The molecule has 2 heterocycles. The molecular formula is C20H34N4O2. The standard InChI is InChI=1S/C20H34N4O2/c1-5-13(3)21-20(25)16-11-14(4)24(17-10-8-7-9-15(16)17)12-19-22-18(6-2)23-26-19/h13-17H,5-12H2,1-4H3,(H,21,25)/t13-,14-,15-,16+,17+/m1/s1. The number of carbonyl (C=O) groups excluding carboxylic acids is 1. The molecule has 1 amide bonds. The van der Waals surface area contributed by atoms with Gasteiger partial charge in [-0.15, -0.1) is 0 Å². The van der Waals surface area contributed by atoms with Crippen LogP contribution in [0.15, 0.2) is 4.52 Å². The lowest BCUT2D eigenvalue weighted by Crippen LogP contribution is -2.57. The third kappa shape index (κ3) is 4.11. The Kier molecular flexibility index (Phi) is 6.33. The van der Waals surface area contributed by atoms with Crippen molar-refractivity contribution in [2.24, 2.45) is 11.8 Å². The summed E-state index contributed by atoms with van der Waals surface area (Å²) in [7, 11) is 0. The first-order valence-corrected chi connectivity index (χ1v) is 10.4. The largest absolute Gasteiger partial charge is 0.353 e. The topological polar surface area (TPSA) is 71.3 Å². The molecule has 6 heteroatoms. The zero-order chi connectivity index (χ0) is 18.7. The predicted octanol–water partition coefficient (Wildman–Crippen LogP) is 3.32. The number of rotatable bonds is 6. The fourth-order valence-corrected chi connectivity index (χ4v) is 4.71. The fourth-order valence-electron chi connectivity index (χ4n) is 4.71. The Bertz CT molecular complexity index is 602. The van der Waals surface area contributed by atoms with Gasteiger partial charge in [-0.25, -0.2) is 0 Å². The highest BCUT2D eigenvalue weighted by atomic mass is 16.5. The van der Waals surface area contributed by atoms with Gasteiger partial charge in [-0.3, -0.25) is 9.69 Å². The minimum atomic E-state index is 0.134. The summed E-state index contributed by atoms with van der Waals surface area (Å²) in [5, 5.41) is 7.27. The average Bonchev–Trinajstić information content (AvgIpc) is 3.11. The normalized spacial score (nSPS) is 30.6. The number of hydrogen-bond acceptors (Lipinski definition) is 5. The van der Waals surface area contributed by atoms with Crippen LogP contribution in [-0.2, 0) is 17.8 Å². The van der Waals surface area contributed by atoms with Crippen molar-refractivity contribution in [3.8, 4) is 0 Å². The van der Waals surface area contributed by atoms with E-state index in [1.54, 1.807) is 0 Å². The molecule has 0 bridgehead atoms. The highest BCUT2D eigenvalue weighted by Gasteiger charge is 2.45. The smallest absolute Gasteiger partial charge is 0.240 e. The van der Waals surface area contributed by atoms with Gasteiger partial charge in [0.2, 0.25) is 11.8 Å². The van der Waals surface area contributed by atoms with Crippen molar-refractivity contribution < 1.29 is 9.32 Å². The molecule has 1 saturated carbocycles. The number of nitrogens with zero attached hydrogens (tertiary/aromatic N) is 3. The first-order chi connectivity index (χ1) is 12.5. The van der Waals surface area contributed by atoms with Crippen molar-refractivity contribution in [3.63, 3.8) is 0 Å². The zero-order valence-corrected chi connectivity index (χ0v) is 16.7. The van der Waals surface area contributed by atoms with Crippen molar-refractivity contribution in [2.45, 2.75) is 97.3 Å². The van der Waals surface area contributed by atoms with Gasteiger partial charge in [-0.2, -0.15) is 4.98 Å². The lowest BCUT2D eigenvalue weighted by molar-refractivity contribution is -0.134. The molecule has 3 rings (SSSR count). The van der Waals surface area contributed by atoms with Crippen LogP contribution >= 0.6 is 0 Å². The molecule has 1 aliphatic heterocycles. The maximum atomic E-state index is 12.9. The summed E-state index contributed by atoms with van der Waals surface area (Å²) in [6, 6.07) is 1.04. The molecule has 1 saturated heterocycles. The number of piperidine rings is 1. The first kappa shape index (κ1) is 19.3. The van der Waals surface area contributed by atoms with Gasteiger partial charge in [0.1, 0.15) is 0 Å². The van der Waals surface area contributed by atoms with Crippen LogP contribution in [0, 0.1) is 11.8 Å². The van der Waals surface area contributed by atoms with Crippen molar-refractivity contribution in [1.82, 2.24) is 20.4 Å². The summed E-state index contributed by atoms with van der Waals surface area (Å²) in [6.45, 7) is 9.20. The number of nitrogens with one attached hydrogen (secondary N) is 1. The summed E-state index contributed by atoms with van der Waals surface area (Å²) in [6.07, 6.45) is 7.48. The van der Waals surface area contributed by atoms with Crippen LogP contribution in [0.4, 0.5) is 0 Å². The molecule has 0 aromatic carbocycles. The maximum Gasteiger partial charge on any atom is 0.240 e. The summed E-state index contributed by atoms with van der Waals surface area (Å²) >= 11 is 0. The molecule has 1 aromatic rings. The number of likely N-dealkylation sites (tertiary alicyclic amines) is 1. The molecule has 5 atom stereocenters. The number of amides is 1. The van der Waals surface area contributed by atoms with Crippen LogP contribution in [-0.4, -0.2) is 39.1 Å². The van der Waals surface area contributed by atoms with Crippen molar-refractivity contribution in [3.05, 3.63) is 11.7 Å². The second kappa shape index (κ2) is 8.51. The number of aryl methyl sites for hydroxylation is 1. The van der Waals surface area contributed by atoms with Crippen molar-refractivity contribution in [2.75, 3.05) is 0 Å². The number of hydrogen-bond donors (Lipinski definition) is 1. The summed E-state index contributed by atoms with van der Waals surface area (Å²) in [4.78, 5) is 19.9. The quantitative estimate of drug-likeness (QED) is 0.840. The lowest BCUT2D eigenvalue weighted by atomic mass is 9.69.